The van der Waals surface area contributed by atoms with Crippen LogP contribution >= 0.6 is 0 Å². The lowest BCUT2D eigenvalue weighted by molar-refractivity contribution is -0.139. The number of benzene rings is 2. The molecule has 1 aliphatic carbocycles. The van der Waals surface area contributed by atoms with E-state index in [0.717, 1.165) is 22.8 Å². The molecule has 0 spiro atoms. The molecule has 0 aliphatic heterocycles. The predicted octanol–water partition coefficient (Wildman–Crippen LogP) is 5.00. The van der Waals surface area contributed by atoms with Crippen molar-refractivity contribution in [1.29, 1.82) is 0 Å². The molecule has 2 aromatic carbocycles. The molecule has 0 unspecified atom stereocenters. The molecule has 0 heterocycles. The molecule has 0 atom stereocenters. The molecule has 4 nitrogen and oxygen atoms in total. The van der Waals surface area contributed by atoms with Crippen molar-refractivity contribution in [3.8, 4) is 16.9 Å². The Morgan fingerprint density at radius 3 is 2.46 bits per heavy atom. The van der Waals surface area contributed by atoms with Crippen molar-refractivity contribution in [2.24, 2.45) is 0 Å². The summed E-state index contributed by atoms with van der Waals surface area (Å²) in [5.41, 5.74) is 4.34. The Morgan fingerprint density at radius 2 is 1.79 bits per heavy atom. The second-order valence-corrected chi connectivity index (χ2v) is 7.16. The maximum absolute atomic E-state index is 11.4. The molecule has 28 heavy (non-hydrogen) atoms. The highest BCUT2D eigenvalue weighted by Crippen LogP contribution is 2.34. The van der Waals surface area contributed by atoms with Crippen LogP contribution in [0, 0.1) is 0 Å². The van der Waals surface area contributed by atoms with E-state index in [1.54, 1.807) is 0 Å². The number of carbonyl (C=O) groups excluding carboxylic acids is 1. The van der Waals surface area contributed by atoms with E-state index in [0.29, 0.717) is 11.7 Å². The first-order valence-corrected chi connectivity index (χ1v) is 9.97. The Bertz CT molecular complexity index is 789. The van der Waals surface area contributed by atoms with Crippen LogP contribution in [-0.4, -0.2) is 24.3 Å². The molecule has 1 aliphatic rings. The van der Waals surface area contributed by atoms with Gasteiger partial charge in [-0.15, -0.1) is 0 Å². The van der Waals surface area contributed by atoms with Crippen LogP contribution < -0.4 is 4.74 Å². The number of carbonyl (C=O) groups is 1. The minimum Gasteiger partial charge on any atom is -0.491 e. The SMILES string of the molecule is C=CC(=O)OCc1cc(-c2ccc(C3CCCCC3)cc2)ccc1OCCO. The second-order valence-electron chi connectivity index (χ2n) is 7.16. The number of hydrogen-bond acceptors (Lipinski definition) is 4. The Morgan fingerprint density at radius 1 is 1.07 bits per heavy atom. The summed E-state index contributed by atoms with van der Waals surface area (Å²) >= 11 is 0. The second kappa shape index (κ2) is 10.1. The first kappa shape index (κ1) is 20.2. The third-order valence-corrected chi connectivity index (χ3v) is 5.27. The van der Waals surface area contributed by atoms with Gasteiger partial charge in [-0.05, 0) is 47.6 Å². The molecule has 0 radical (unpaired) electrons. The van der Waals surface area contributed by atoms with Crippen molar-refractivity contribution in [3.05, 3.63) is 66.2 Å². The normalized spacial score (nSPS) is 14.5. The molecule has 0 saturated heterocycles. The van der Waals surface area contributed by atoms with Gasteiger partial charge < -0.3 is 14.6 Å². The predicted molar refractivity (Wildman–Crippen MR) is 110 cm³/mol. The van der Waals surface area contributed by atoms with Crippen LogP contribution in [0.2, 0.25) is 0 Å². The van der Waals surface area contributed by atoms with Gasteiger partial charge in [0.1, 0.15) is 19.0 Å². The lowest BCUT2D eigenvalue weighted by atomic mass is 9.83. The van der Waals surface area contributed by atoms with Crippen molar-refractivity contribution in [2.45, 2.75) is 44.6 Å². The minimum absolute atomic E-state index is 0.0731. The molecule has 1 N–H and O–H groups in total. The average Bonchev–Trinajstić information content (AvgIpc) is 2.77. The van der Waals surface area contributed by atoms with E-state index in [9.17, 15) is 4.79 Å². The zero-order valence-electron chi connectivity index (χ0n) is 16.2. The summed E-state index contributed by atoms with van der Waals surface area (Å²) in [6, 6.07) is 14.6. The summed E-state index contributed by atoms with van der Waals surface area (Å²) in [5, 5.41) is 9.02. The number of rotatable bonds is 8. The maximum atomic E-state index is 11.4. The van der Waals surface area contributed by atoms with Crippen LogP contribution in [-0.2, 0) is 16.1 Å². The largest absolute Gasteiger partial charge is 0.491 e. The minimum atomic E-state index is -0.477. The van der Waals surface area contributed by atoms with Gasteiger partial charge in [-0.3, -0.25) is 0 Å². The summed E-state index contributed by atoms with van der Waals surface area (Å²) in [4.78, 5) is 11.4. The fourth-order valence-electron chi connectivity index (χ4n) is 3.76. The van der Waals surface area contributed by atoms with Gasteiger partial charge in [0, 0.05) is 11.6 Å². The van der Waals surface area contributed by atoms with Crippen LogP contribution in [0.15, 0.2) is 55.1 Å². The van der Waals surface area contributed by atoms with E-state index in [-0.39, 0.29) is 19.8 Å². The standard InChI is InChI=1S/C24H28O4/c1-2-24(26)28-17-22-16-21(12-13-23(22)27-15-14-25)20-10-8-19(9-11-20)18-6-4-3-5-7-18/h2,8-13,16,18,25H,1,3-7,14-15,17H2. The Balaban J connectivity index is 1.79. The highest BCUT2D eigenvalue weighted by Gasteiger charge is 2.15. The van der Waals surface area contributed by atoms with Gasteiger partial charge in [0.05, 0.1) is 6.61 Å². The fourth-order valence-corrected chi connectivity index (χ4v) is 3.76. The molecule has 1 fully saturated rings. The van der Waals surface area contributed by atoms with Gasteiger partial charge in [0.25, 0.3) is 0 Å². The Labute approximate surface area is 166 Å². The van der Waals surface area contributed by atoms with Gasteiger partial charge in [-0.2, -0.15) is 0 Å². The van der Waals surface area contributed by atoms with Crippen LogP contribution in [0.4, 0.5) is 0 Å². The lowest BCUT2D eigenvalue weighted by Crippen LogP contribution is -2.06. The number of esters is 1. The van der Waals surface area contributed by atoms with Gasteiger partial charge in [0.15, 0.2) is 0 Å². The zero-order valence-corrected chi connectivity index (χ0v) is 16.2. The number of aliphatic hydroxyl groups is 1. The molecular weight excluding hydrogens is 352 g/mol. The molecule has 0 amide bonds. The van der Waals surface area contributed by atoms with Crippen molar-refractivity contribution in [3.63, 3.8) is 0 Å². The van der Waals surface area contributed by atoms with Gasteiger partial charge >= 0.3 is 5.97 Å². The summed E-state index contributed by atoms with van der Waals surface area (Å²) < 4.78 is 10.8. The van der Waals surface area contributed by atoms with Crippen molar-refractivity contribution in [1.82, 2.24) is 0 Å². The van der Waals surface area contributed by atoms with Crippen LogP contribution in [0.3, 0.4) is 0 Å². The highest BCUT2D eigenvalue weighted by atomic mass is 16.5. The van der Waals surface area contributed by atoms with Crippen LogP contribution in [0.25, 0.3) is 11.1 Å². The van der Waals surface area contributed by atoms with Crippen molar-refractivity contribution in [2.75, 3.05) is 13.2 Å². The quantitative estimate of drug-likeness (QED) is 0.517. The van der Waals surface area contributed by atoms with Gasteiger partial charge in [-0.1, -0.05) is 56.2 Å². The molecule has 4 heteroatoms. The number of ether oxygens (including phenoxy) is 2. The average molecular weight is 380 g/mol. The highest BCUT2D eigenvalue weighted by molar-refractivity contribution is 5.81. The van der Waals surface area contributed by atoms with E-state index in [2.05, 4.69) is 30.8 Å². The fraction of sp³-hybridized carbons (Fsp3) is 0.375. The molecule has 2 aromatic rings. The van der Waals surface area contributed by atoms with E-state index >= 15 is 0 Å². The van der Waals surface area contributed by atoms with Gasteiger partial charge in [-0.25, -0.2) is 4.79 Å². The van der Waals surface area contributed by atoms with E-state index in [4.69, 9.17) is 14.6 Å². The van der Waals surface area contributed by atoms with E-state index < -0.39 is 5.97 Å². The zero-order chi connectivity index (χ0) is 19.8. The molecule has 0 bridgehead atoms. The van der Waals surface area contributed by atoms with E-state index in [1.807, 2.05) is 18.2 Å². The third kappa shape index (κ3) is 5.23. The lowest BCUT2D eigenvalue weighted by Gasteiger charge is -2.22. The maximum Gasteiger partial charge on any atom is 0.330 e. The number of aliphatic hydroxyl groups excluding tert-OH is 1. The first-order chi connectivity index (χ1) is 13.7. The topological polar surface area (TPSA) is 55.8 Å². The molecule has 148 valence electrons. The Kier molecular flexibility index (Phi) is 7.26. The molecular formula is C24H28O4. The molecule has 3 rings (SSSR count). The summed E-state index contributed by atoms with van der Waals surface area (Å²) in [5.74, 6) is 0.815. The summed E-state index contributed by atoms with van der Waals surface area (Å²) in [6.07, 6.45) is 7.73. The van der Waals surface area contributed by atoms with E-state index in [1.165, 1.54) is 37.7 Å². The first-order valence-electron chi connectivity index (χ1n) is 9.97. The van der Waals surface area contributed by atoms with Crippen molar-refractivity contribution < 1.29 is 19.4 Å². The molecule has 0 aromatic heterocycles. The summed E-state index contributed by atoms with van der Waals surface area (Å²) in [7, 11) is 0. The van der Waals surface area contributed by atoms with Crippen LogP contribution in [0.1, 0.15) is 49.1 Å². The Hall–Kier alpha value is -2.59. The molecule has 1 saturated carbocycles. The van der Waals surface area contributed by atoms with Crippen LogP contribution in [0.5, 0.6) is 5.75 Å². The number of hydrogen-bond donors (Lipinski definition) is 1. The smallest absolute Gasteiger partial charge is 0.330 e. The summed E-state index contributed by atoms with van der Waals surface area (Å²) in [6.45, 7) is 3.63. The third-order valence-electron chi connectivity index (χ3n) is 5.27. The monoisotopic (exact) mass is 380 g/mol. The van der Waals surface area contributed by atoms with Crippen molar-refractivity contribution >= 4 is 5.97 Å². The van der Waals surface area contributed by atoms with Gasteiger partial charge in [0.2, 0.25) is 0 Å².